The Balaban J connectivity index is 1.76. The van der Waals surface area contributed by atoms with Crippen LogP contribution in [-0.2, 0) is 6.54 Å². The zero-order valence-electron chi connectivity index (χ0n) is 11.9. The third-order valence-corrected chi connectivity index (χ3v) is 3.99. The van der Waals surface area contributed by atoms with E-state index in [1.807, 2.05) is 24.5 Å². The van der Waals surface area contributed by atoms with Crippen LogP contribution in [0.2, 0.25) is 5.02 Å². The maximum atomic E-state index is 5.93. The molecule has 0 bridgehead atoms. The predicted octanol–water partition coefficient (Wildman–Crippen LogP) is 4.74. The fraction of sp³-hybridized carbons (Fsp3) is 0.167. The zero-order chi connectivity index (χ0) is 14.7. The molecule has 1 N–H and O–H groups in total. The van der Waals surface area contributed by atoms with Crippen molar-refractivity contribution in [1.82, 2.24) is 10.3 Å². The normalized spacial score (nSPS) is 12.5. The molecule has 3 aromatic rings. The molecule has 3 heteroatoms. The molecule has 0 amide bonds. The second-order valence-electron chi connectivity index (χ2n) is 5.17. The number of hydrogen-bond donors (Lipinski definition) is 1. The first kappa shape index (κ1) is 14.1. The Hall–Kier alpha value is -1.90. The first-order chi connectivity index (χ1) is 10.2. The van der Waals surface area contributed by atoms with E-state index in [4.69, 9.17) is 11.6 Å². The molecule has 0 radical (unpaired) electrons. The Bertz CT molecular complexity index is 732. The van der Waals surface area contributed by atoms with Crippen LogP contribution in [0.3, 0.4) is 0 Å². The maximum absolute atomic E-state index is 5.93. The van der Waals surface area contributed by atoms with Crippen LogP contribution in [-0.4, -0.2) is 4.98 Å². The molecule has 1 aromatic heterocycles. The standard InChI is InChI=1S/C18H17ClN2/c1-13(14-5-7-17(19)8-6-14)21-12-16-4-2-3-15-11-20-10-9-18(15)16/h2-11,13,21H,12H2,1H3/t13-/m1/s1. The minimum absolute atomic E-state index is 0.277. The Morgan fingerprint density at radius 2 is 1.90 bits per heavy atom. The summed E-state index contributed by atoms with van der Waals surface area (Å²) in [6.07, 6.45) is 3.75. The van der Waals surface area contributed by atoms with Gasteiger partial charge in [0.2, 0.25) is 0 Å². The Kier molecular flexibility index (Phi) is 4.18. The van der Waals surface area contributed by atoms with Crippen molar-refractivity contribution in [3.63, 3.8) is 0 Å². The van der Waals surface area contributed by atoms with Crippen LogP contribution in [0.15, 0.2) is 60.9 Å². The van der Waals surface area contributed by atoms with Crippen LogP contribution in [0.4, 0.5) is 0 Å². The van der Waals surface area contributed by atoms with Crippen LogP contribution in [0.5, 0.6) is 0 Å². The van der Waals surface area contributed by atoms with Gasteiger partial charge in [0.1, 0.15) is 0 Å². The molecule has 0 saturated heterocycles. The van der Waals surface area contributed by atoms with E-state index in [0.29, 0.717) is 0 Å². The highest BCUT2D eigenvalue weighted by Gasteiger charge is 2.06. The van der Waals surface area contributed by atoms with Crippen molar-refractivity contribution in [3.8, 4) is 0 Å². The van der Waals surface area contributed by atoms with Crippen molar-refractivity contribution in [1.29, 1.82) is 0 Å². The lowest BCUT2D eigenvalue weighted by Crippen LogP contribution is -2.18. The van der Waals surface area contributed by atoms with Gasteiger partial charge in [-0.05, 0) is 41.6 Å². The zero-order valence-corrected chi connectivity index (χ0v) is 12.6. The highest BCUT2D eigenvalue weighted by Crippen LogP contribution is 2.20. The van der Waals surface area contributed by atoms with Crippen molar-refractivity contribution in [3.05, 3.63) is 77.1 Å². The van der Waals surface area contributed by atoms with Gasteiger partial charge in [-0.1, -0.05) is 41.9 Å². The molecule has 0 spiro atoms. The van der Waals surface area contributed by atoms with E-state index in [2.05, 4.69) is 53.6 Å². The molecule has 0 unspecified atom stereocenters. The minimum Gasteiger partial charge on any atom is -0.306 e. The summed E-state index contributed by atoms with van der Waals surface area (Å²) in [6.45, 7) is 2.99. The number of nitrogens with zero attached hydrogens (tertiary/aromatic N) is 1. The molecular weight excluding hydrogens is 280 g/mol. The molecule has 0 aliphatic rings. The van der Waals surface area contributed by atoms with E-state index < -0.39 is 0 Å². The summed E-state index contributed by atoms with van der Waals surface area (Å²) in [6, 6.07) is 16.7. The average Bonchev–Trinajstić information content (AvgIpc) is 2.53. The van der Waals surface area contributed by atoms with E-state index in [1.165, 1.54) is 21.9 Å². The molecule has 1 atom stereocenters. The van der Waals surface area contributed by atoms with Crippen LogP contribution >= 0.6 is 11.6 Å². The monoisotopic (exact) mass is 296 g/mol. The summed E-state index contributed by atoms with van der Waals surface area (Å²) in [5, 5.41) is 6.76. The molecule has 2 aromatic carbocycles. The van der Waals surface area contributed by atoms with E-state index in [0.717, 1.165) is 11.6 Å². The number of fused-ring (bicyclic) bond motifs is 1. The third-order valence-electron chi connectivity index (χ3n) is 3.74. The Morgan fingerprint density at radius 3 is 2.71 bits per heavy atom. The van der Waals surface area contributed by atoms with Crippen LogP contribution in [0.25, 0.3) is 10.8 Å². The maximum Gasteiger partial charge on any atom is 0.0406 e. The summed E-state index contributed by atoms with van der Waals surface area (Å²) < 4.78 is 0. The summed E-state index contributed by atoms with van der Waals surface area (Å²) in [5.41, 5.74) is 2.53. The first-order valence-electron chi connectivity index (χ1n) is 7.04. The smallest absolute Gasteiger partial charge is 0.0406 e. The molecule has 0 fully saturated rings. The predicted molar refractivity (Wildman–Crippen MR) is 88.4 cm³/mol. The summed E-state index contributed by atoms with van der Waals surface area (Å²) in [4.78, 5) is 4.17. The van der Waals surface area contributed by atoms with Crippen LogP contribution in [0, 0.1) is 0 Å². The van der Waals surface area contributed by atoms with Crippen molar-refractivity contribution < 1.29 is 0 Å². The number of hydrogen-bond acceptors (Lipinski definition) is 2. The van der Waals surface area contributed by atoms with Gasteiger partial charge in [0.25, 0.3) is 0 Å². The SMILES string of the molecule is C[C@@H](NCc1cccc2cnccc12)c1ccc(Cl)cc1. The fourth-order valence-corrected chi connectivity index (χ4v) is 2.60. The van der Waals surface area contributed by atoms with Crippen LogP contribution < -0.4 is 5.32 Å². The van der Waals surface area contributed by atoms with Gasteiger partial charge in [0, 0.05) is 35.4 Å². The quantitative estimate of drug-likeness (QED) is 0.752. The number of benzene rings is 2. The highest BCUT2D eigenvalue weighted by molar-refractivity contribution is 6.30. The van der Waals surface area contributed by atoms with Crippen molar-refractivity contribution in [2.75, 3.05) is 0 Å². The van der Waals surface area contributed by atoms with Gasteiger partial charge < -0.3 is 5.32 Å². The minimum atomic E-state index is 0.277. The van der Waals surface area contributed by atoms with Gasteiger partial charge in [-0.2, -0.15) is 0 Å². The fourth-order valence-electron chi connectivity index (χ4n) is 2.48. The summed E-state index contributed by atoms with van der Waals surface area (Å²) >= 11 is 5.93. The highest BCUT2D eigenvalue weighted by atomic mass is 35.5. The van der Waals surface area contributed by atoms with Gasteiger partial charge in [0.05, 0.1) is 0 Å². The molecule has 21 heavy (non-hydrogen) atoms. The Morgan fingerprint density at radius 1 is 1.10 bits per heavy atom. The van der Waals surface area contributed by atoms with E-state index in [9.17, 15) is 0 Å². The molecule has 0 aliphatic heterocycles. The van der Waals surface area contributed by atoms with E-state index >= 15 is 0 Å². The van der Waals surface area contributed by atoms with Gasteiger partial charge in [-0.15, -0.1) is 0 Å². The number of pyridine rings is 1. The lowest BCUT2D eigenvalue weighted by atomic mass is 10.1. The number of aromatic nitrogens is 1. The summed E-state index contributed by atoms with van der Waals surface area (Å²) in [7, 11) is 0. The molecule has 2 nitrogen and oxygen atoms in total. The van der Waals surface area contributed by atoms with Gasteiger partial charge in [-0.25, -0.2) is 0 Å². The Labute approximate surface area is 129 Å². The molecule has 0 saturated carbocycles. The van der Waals surface area contributed by atoms with Crippen molar-refractivity contribution in [2.24, 2.45) is 0 Å². The third kappa shape index (κ3) is 3.23. The lowest BCUT2D eigenvalue weighted by molar-refractivity contribution is 0.576. The number of rotatable bonds is 4. The average molecular weight is 297 g/mol. The molecular formula is C18H17ClN2. The first-order valence-corrected chi connectivity index (χ1v) is 7.42. The topological polar surface area (TPSA) is 24.9 Å². The molecule has 0 aliphatic carbocycles. The number of halogens is 1. The molecule has 3 rings (SSSR count). The van der Waals surface area contributed by atoms with Crippen molar-refractivity contribution in [2.45, 2.75) is 19.5 Å². The van der Waals surface area contributed by atoms with Gasteiger partial charge in [0.15, 0.2) is 0 Å². The van der Waals surface area contributed by atoms with Gasteiger partial charge in [-0.3, -0.25) is 4.98 Å². The second-order valence-corrected chi connectivity index (χ2v) is 5.60. The van der Waals surface area contributed by atoms with E-state index in [-0.39, 0.29) is 6.04 Å². The largest absolute Gasteiger partial charge is 0.306 e. The second kappa shape index (κ2) is 6.25. The number of nitrogens with one attached hydrogen (secondary N) is 1. The molecule has 1 heterocycles. The molecule has 106 valence electrons. The van der Waals surface area contributed by atoms with Crippen LogP contribution in [0.1, 0.15) is 24.1 Å². The summed E-state index contributed by atoms with van der Waals surface area (Å²) in [5.74, 6) is 0. The van der Waals surface area contributed by atoms with E-state index in [1.54, 1.807) is 0 Å². The van der Waals surface area contributed by atoms with Crippen molar-refractivity contribution >= 4 is 22.4 Å². The lowest BCUT2D eigenvalue weighted by Gasteiger charge is -2.15. The van der Waals surface area contributed by atoms with Gasteiger partial charge >= 0.3 is 0 Å².